The largest absolute Gasteiger partial charge is 0.489 e. The van der Waals surface area contributed by atoms with Crippen LogP contribution in [0.4, 0.5) is 0 Å². The van der Waals surface area contributed by atoms with Gasteiger partial charge in [-0.25, -0.2) is 0 Å². The number of hydrogen-bond donors (Lipinski definition) is 1. The van der Waals surface area contributed by atoms with Gasteiger partial charge in [0.15, 0.2) is 0 Å². The van der Waals surface area contributed by atoms with Crippen LogP contribution in [0.1, 0.15) is 30.4 Å². The van der Waals surface area contributed by atoms with E-state index in [1.807, 2.05) is 48.5 Å². The molecule has 5 nitrogen and oxygen atoms in total. The first-order valence-electron chi connectivity index (χ1n) is 9.58. The molecule has 3 aromatic rings. The normalized spacial score (nSPS) is 21.9. The summed E-state index contributed by atoms with van der Waals surface area (Å²) < 4.78 is 17.6. The Kier molecular flexibility index (Phi) is 5.20. The summed E-state index contributed by atoms with van der Waals surface area (Å²) in [6.07, 6.45) is 2.97. The molecule has 5 heteroatoms. The van der Waals surface area contributed by atoms with Gasteiger partial charge in [-0.05, 0) is 54.5 Å². The summed E-state index contributed by atoms with van der Waals surface area (Å²) in [6, 6.07) is 17.5. The molecule has 2 aromatic carbocycles. The number of methoxy groups -OCH3 is 2. The van der Waals surface area contributed by atoms with Gasteiger partial charge >= 0.3 is 0 Å². The molecule has 0 amide bonds. The van der Waals surface area contributed by atoms with E-state index in [1.54, 1.807) is 14.2 Å². The van der Waals surface area contributed by atoms with Crippen LogP contribution in [0.25, 0.3) is 10.9 Å². The van der Waals surface area contributed by atoms with Gasteiger partial charge in [-0.15, -0.1) is 0 Å². The molecule has 1 N–H and O–H groups in total. The summed E-state index contributed by atoms with van der Waals surface area (Å²) in [5.41, 5.74) is 1.89. The molecular formula is C23H25NO4. The third-order valence-electron chi connectivity index (χ3n) is 5.73. The first kappa shape index (κ1) is 18.7. The fraction of sp³-hybridized carbons (Fsp3) is 0.348. The molecule has 146 valence electrons. The molecule has 1 saturated carbocycles. The second-order valence-electron chi connectivity index (χ2n) is 7.24. The van der Waals surface area contributed by atoms with Crippen LogP contribution in [0, 0.1) is 0 Å². The van der Waals surface area contributed by atoms with Crippen LogP contribution in [-0.4, -0.2) is 25.3 Å². The van der Waals surface area contributed by atoms with Crippen LogP contribution < -0.4 is 10.3 Å². The third kappa shape index (κ3) is 3.32. The number of nitrogens with one attached hydrogen (secondary N) is 1. The SMILES string of the molecule is COC1CCCC1(OC)c1cccc(OCc2cc3ccccc3[nH]c2=O)c1. The van der Waals surface area contributed by atoms with E-state index in [9.17, 15) is 4.79 Å². The summed E-state index contributed by atoms with van der Waals surface area (Å²) in [6.45, 7) is 0.206. The van der Waals surface area contributed by atoms with Crippen LogP contribution in [0.3, 0.4) is 0 Å². The van der Waals surface area contributed by atoms with Gasteiger partial charge in [-0.2, -0.15) is 0 Å². The van der Waals surface area contributed by atoms with Crippen LogP contribution >= 0.6 is 0 Å². The first-order chi connectivity index (χ1) is 13.7. The topological polar surface area (TPSA) is 60.6 Å². The molecule has 1 aliphatic rings. The molecular weight excluding hydrogens is 354 g/mol. The number of aromatic amines is 1. The van der Waals surface area contributed by atoms with Gasteiger partial charge in [0.25, 0.3) is 5.56 Å². The number of H-pyrrole nitrogens is 1. The van der Waals surface area contributed by atoms with Crippen LogP contribution in [-0.2, 0) is 21.7 Å². The van der Waals surface area contributed by atoms with Crippen molar-refractivity contribution >= 4 is 10.9 Å². The highest BCUT2D eigenvalue weighted by molar-refractivity contribution is 5.78. The monoisotopic (exact) mass is 379 g/mol. The quantitative estimate of drug-likeness (QED) is 0.699. The lowest BCUT2D eigenvalue weighted by Gasteiger charge is -2.34. The predicted molar refractivity (Wildman–Crippen MR) is 109 cm³/mol. The Bertz CT molecular complexity index is 1030. The number of ether oxygens (including phenoxy) is 3. The lowest BCUT2D eigenvalue weighted by Crippen LogP contribution is -2.37. The molecule has 1 fully saturated rings. The molecule has 4 rings (SSSR count). The maximum Gasteiger partial charge on any atom is 0.255 e. The number of rotatable bonds is 6. The molecule has 28 heavy (non-hydrogen) atoms. The lowest BCUT2D eigenvalue weighted by molar-refractivity contribution is -0.104. The zero-order chi connectivity index (χ0) is 19.6. The number of benzene rings is 2. The highest BCUT2D eigenvalue weighted by Gasteiger charge is 2.45. The number of pyridine rings is 1. The van der Waals surface area contributed by atoms with Gasteiger partial charge in [0.1, 0.15) is 18.0 Å². The second kappa shape index (κ2) is 7.78. The molecule has 2 atom stereocenters. The third-order valence-corrected chi connectivity index (χ3v) is 5.73. The van der Waals surface area contributed by atoms with Crippen molar-refractivity contribution in [2.24, 2.45) is 0 Å². The van der Waals surface area contributed by atoms with E-state index in [1.165, 1.54) is 0 Å². The molecule has 2 unspecified atom stereocenters. The average Bonchev–Trinajstić information content (AvgIpc) is 3.17. The van der Waals surface area contributed by atoms with E-state index in [-0.39, 0.29) is 18.3 Å². The predicted octanol–water partition coefficient (Wildman–Crippen LogP) is 4.15. The highest BCUT2D eigenvalue weighted by atomic mass is 16.5. The van der Waals surface area contributed by atoms with Crippen LogP contribution in [0.5, 0.6) is 5.75 Å². The summed E-state index contributed by atoms with van der Waals surface area (Å²) in [7, 11) is 3.47. The molecule has 1 heterocycles. The maximum absolute atomic E-state index is 12.3. The Morgan fingerprint density at radius 3 is 2.79 bits per heavy atom. The Balaban J connectivity index is 1.58. The number of hydrogen-bond acceptors (Lipinski definition) is 4. The Hall–Kier alpha value is -2.63. The minimum absolute atomic E-state index is 0.0242. The minimum Gasteiger partial charge on any atom is -0.489 e. The van der Waals surface area contributed by atoms with Crippen molar-refractivity contribution in [1.29, 1.82) is 0 Å². The maximum atomic E-state index is 12.3. The number of fused-ring (bicyclic) bond motifs is 1. The molecule has 0 radical (unpaired) electrons. The lowest BCUT2D eigenvalue weighted by atomic mass is 9.89. The van der Waals surface area contributed by atoms with Gasteiger partial charge in [0.2, 0.25) is 0 Å². The zero-order valence-electron chi connectivity index (χ0n) is 16.2. The Labute approximate surface area is 164 Å². The molecule has 0 spiro atoms. The van der Waals surface area contributed by atoms with Crippen molar-refractivity contribution in [3.8, 4) is 5.75 Å². The standard InChI is InChI=1S/C23H25NO4/c1-26-21-11-6-12-23(21,27-2)18-8-5-9-19(14-18)28-15-17-13-16-7-3-4-10-20(16)24-22(17)25/h3-5,7-10,13-14,21H,6,11-12,15H2,1-2H3,(H,24,25). The van der Waals surface area contributed by atoms with Gasteiger partial charge in [-0.1, -0.05) is 30.3 Å². The summed E-state index contributed by atoms with van der Waals surface area (Å²) in [5.74, 6) is 0.711. The van der Waals surface area contributed by atoms with Crippen molar-refractivity contribution in [2.45, 2.75) is 37.6 Å². The Morgan fingerprint density at radius 2 is 1.96 bits per heavy atom. The van der Waals surface area contributed by atoms with Crippen LogP contribution in [0.2, 0.25) is 0 Å². The van der Waals surface area contributed by atoms with Gasteiger partial charge in [-0.3, -0.25) is 4.79 Å². The van der Waals surface area contributed by atoms with Crippen molar-refractivity contribution in [3.63, 3.8) is 0 Å². The summed E-state index contributed by atoms with van der Waals surface area (Å²) in [5, 5.41) is 0.988. The van der Waals surface area contributed by atoms with Crippen LogP contribution in [0.15, 0.2) is 59.4 Å². The van der Waals surface area contributed by atoms with E-state index >= 15 is 0 Å². The molecule has 1 aromatic heterocycles. The highest BCUT2D eigenvalue weighted by Crippen LogP contribution is 2.44. The second-order valence-corrected chi connectivity index (χ2v) is 7.24. The minimum atomic E-state index is -0.450. The molecule has 1 aliphatic carbocycles. The molecule has 0 aliphatic heterocycles. The Morgan fingerprint density at radius 1 is 1.11 bits per heavy atom. The van der Waals surface area contributed by atoms with E-state index in [4.69, 9.17) is 14.2 Å². The van der Waals surface area contributed by atoms with Crippen molar-refractivity contribution in [3.05, 3.63) is 76.1 Å². The number of aromatic nitrogens is 1. The smallest absolute Gasteiger partial charge is 0.255 e. The average molecular weight is 379 g/mol. The zero-order valence-corrected chi connectivity index (χ0v) is 16.2. The molecule has 0 bridgehead atoms. The van der Waals surface area contributed by atoms with Gasteiger partial charge in [0.05, 0.1) is 11.7 Å². The van der Waals surface area contributed by atoms with Gasteiger partial charge in [0, 0.05) is 19.7 Å². The van der Waals surface area contributed by atoms with Crippen molar-refractivity contribution in [1.82, 2.24) is 4.98 Å². The number of para-hydroxylation sites is 1. The fourth-order valence-corrected chi connectivity index (χ4v) is 4.24. The first-order valence-corrected chi connectivity index (χ1v) is 9.58. The van der Waals surface area contributed by atoms with E-state index in [0.717, 1.165) is 35.7 Å². The van der Waals surface area contributed by atoms with Crippen molar-refractivity contribution in [2.75, 3.05) is 14.2 Å². The fourth-order valence-electron chi connectivity index (χ4n) is 4.24. The van der Waals surface area contributed by atoms with E-state index < -0.39 is 5.60 Å². The van der Waals surface area contributed by atoms with E-state index in [0.29, 0.717) is 11.3 Å². The van der Waals surface area contributed by atoms with Crippen molar-refractivity contribution < 1.29 is 14.2 Å². The summed E-state index contributed by atoms with van der Waals surface area (Å²) in [4.78, 5) is 15.2. The summed E-state index contributed by atoms with van der Waals surface area (Å²) >= 11 is 0. The molecule has 0 saturated heterocycles. The van der Waals surface area contributed by atoms with E-state index in [2.05, 4.69) is 11.1 Å². The van der Waals surface area contributed by atoms with Gasteiger partial charge < -0.3 is 19.2 Å².